The number of benzene rings is 1. The van der Waals surface area contributed by atoms with Gasteiger partial charge in [-0.25, -0.2) is 4.79 Å². The van der Waals surface area contributed by atoms with Crippen molar-refractivity contribution in [3.63, 3.8) is 0 Å². The molecule has 1 aliphatic rings. The van der Waals surface area contributed by atoms with Gasteiger partial charge in [0.1, 0.15) is 17.5 Å². The Kier molecular flexibility index (Phi) is 5.01. The van der Waals surface area contributed by atoms with Crippen molar-refractivity contribution in [1.29, 1.82) is 0 Å². The van der Waals surface area contributed by atoms with Gasteiger partial charge in [0.05, 0.1) is 7.11 Å². The maximum absolute atomic E-state index is 11.6. The topological polar surface area (TPSA) is 61.5 Å². The number of carbonyl (C=O) groups excluding carboxylic acids is 1. The van der Waals surface area contributed by atoms with Gasteiger partial charge in [0.2, 0.25) is 0 Å². The van der Waals surface area contributed by atoms with Crippen LogP contribution in [0.5, 0.6) is 11.5 Å². The molecule has 20 heavy (non-hydrogen) atoms. The number of methoxy groups -OCH3 is 1. The van der Waals surface area contributed by atoms with Gasteiger partial charge in [-0.3, -0.25) is 0 Å². The van der Waals surface area contributed by atoms with Gasteiger partial charge in [-0.1, -0.05) is 19.3 Å². The normalized spacial score (nSPS) is 17.6. The van der Waals surface area contributed by atoms with Gasteiger partial charge in [-0.15, -0.1) is 0 Å². The van der Waals surface area contributed by atoms with Gasteiger partial charge in [0, 0.05) is 5.56 Å². The summed E-state index contributed by atoms with van der Waals surface area (Å²) in [6.07, 6.45) is 6.13. The second kappa shape index (κ2) is 6.75. The molecular weight excluding hydrogens is 254 g/mol. The van der Waals surface area contributed by atoms with Crippen LogP contribution in [0.25, 0.3) is 0 Å². The lowest BCUT2D eigenvalue weighted by Gasteiger charge is -2.24. The molecule has 1 saturated carbocycles. The smallest absolute Gasteiger partial charge is 0.328 e. The van der Waals surface area contributed by atoms with Gasteiger partial charge < -0.3 is 15.2 Å². The number of hydrogen-bond donors (Lipinski definition) is 1. The molecule has 0 spiro atoms. The zero-order chi connectivity index (χ0) is 14.5. The zero-order valence-electron chi connectivity index (χ0n) is 12.2. The van der Waals surface area contributed by atoms with Crippen molar-refractivity contribution in [2.45, 2.75) is 51.0 Å². The minimum absolute atomic E-state index is 0.412. The molecule has 0 saturated heterocycles. The third-order valence-electron chi connectivity index (χ3n) is 3.84. The Bertz CT molecular complexity index is 465. The summed E-state index contributed by atoms with van der Waals surface area (Å²) in [7, 11) is 1.68. The fourth-order valence-electron chi connectivity index (χ4n) is 2.72. The third kappa shape index (κ3) is 3.51. The van der Waals surface area contributed by atoms with E-state index in [4.69, 9.17) is 15.2 Å². The quantitative estimate of drug-likeness (QED) is 0.679. The van der Waals surface area contributed by atoms with Crippen molar-refractivity contribution in [2.75, 3.05) is 7.11 Å². The van der Waals surface area contributed by atoms with Gasteiger partial charge in [0.15, 0.2) is 0 Å². The first kappa shape index (κ1) is 14.9. The summed E-state index contributed by atoms with van der Waals surface area (Å²) < 4.78 is 10.7. The molecule has 2 N–H and O–H groups in total. The third-order valence-corrected chi connectivity index (χ3v) is 3.84. The minimum atomic E-state index is -0.616. The Morgan fingerprint density at radius 1 is 1.30 bits per heavy atom. The lowest BCUT2D eigenvalue weighted by atomic mass is 9.83. The first-order valence-corrected chi connectivity index (χ1v) is 7.27. The number of ether oxygens (including phenoxy) is 2. The molecule has 4 heteroatoms. The number of hydrogen-bond acceptors (Lipinski definition) is 4. The first-order chi connectivity index (χ1) is 9.61. The molecule has 1 fully saturated rings. The standard InChI is InChI=1S/C16H23NO3/c1-11(17)16(18)20-13-8-9-15(19-2)14(10-13)12-6-4-3-5-7-12/h8-12H,3-7,17H2,1-2H3/t11-/m0/s1. The van der Waals surface area contributed by atoms with Gasteiger partial charge in [0.25, 0.3) is 0 Å². The van der Waals surface area contributed by atoms with E-state index in [0.29, 0.717) is 11.7 Å². The van der Waals surface area contributed by atoms with Crippen LogP contribution in [0.15, 0.2) is 18.2 Å². The number of rotatable bonds is 4. The summed E-state index contributed by atoms with van der Waals surface area (Å²) in [6.45, 7) is 1.62. The summed E-state index contributed by atoms with van der Waals surface area (Å²) in [6, 6.07) is 4.93. The monoisotopic (exact) mass is 277 g/mol. The largest absolute Gasteiger partial charge is 0.496 e. The Balaban J connectivity index is 2.21. The highest BCUT2D eigenvalue weighted by molar-refractivity contribution is 5.77. The molecular formula is C16H23NO3. The highest BCUT2D eigenvalue weighted by Crippen LogP contribution is 2.39. The molecule has 1 aromatic carbocycles. The Labute approximate surface area is 120 Å². The molecule has 2 rings (SSSR count). The molecule has 1 aromatic rings. The van der Waals surface area contributed by atoms with Crippen LogP contribution in [-0.4, -0.2) is 19.1 Å². The Morgan fingerprint density at radius 2 is 2.00 bits per heavy atom. The van der Waals surface area contributed by atoms with Crippen LogP contribution in [0.3, 0.4) is 0 Å². The van der Waals surface area contributed by atoms with Crippen molar-refractivity contribution in [1.82, 2.24) is 0 Å². The van der Waals surface area contributed by atoms with Crippen LogP contribution < -0.4 is 15.2 Å². The molecule has 0 unspecified atom stereocenters. The van der Waals surface area contributed by atoms with Gasteiger partial charge in [-0.05, 0) is 43.9 Å². The van der Waals surface area contributed by atoms with Crippen LogP contribution in [0, 0.1) is 0 Å². The van der Waals surface area contributed by atoms with E-state index in [-0.39, 0.29) is 0 Å². The van der Waals surface area contributed by atoms with E-state index in [1.807, 2.05) is 12.1 Å². The molecule has 1 atom stereocenters. The fourth-order valence-corrected chi connectivity index (χ4v) is 2.72. The second-order valence-electron chi connectivity index (χ2n) is 5.45. The number of carbonyl (C=O) groups is 1. The zero-order valence-corrected chi connectivity index (χ0v) is 12.2. The van der Waals surface area contributed by atoms with E-state index in [9.17, 15) is 4.79 Å². The van der Waals surface area contributed by atoms with Crippen LogP contribution in [0.4, 0.5) is 0 Å². The second-order valence-corrected chi connectivity index (χ2v) is 5.45. The van der Waals surface area contributed by atoms with E-state index >= 15 is 0 Å². The molecule has 110 valence electrons. The average molecular weight is 277 g/mol. The van der Waals surface area contributed by atoms with Crippen LogP contribution in [0.1, 0.15) is 50.5 Å². The maximum Gasteiger partial charge on any atom is 0.328 e. The SMILES string of the molecule is COc1ccc(OC(=O)[C@H](C)N)cc1C1CCCCC1. The summed E-state index contributed by atoms with van der Waals surface area (Å²) in [5.74, 6) is 1.50. The van der Waals surface area contributed by atoms with Crippen LogP contribution in [-0.2, 0) is 4.79 Å². The lowest BCUT2D eigenvalue weighted by Crippen LogP contribution is -2.30. The maximum atomic E-state index is 11.6. The molecule has 4 nitrogen and oxygen atoms in total. The lowest BCUT2D eigenvalue weighted by molar-refractivity contribution is -0.135. The van der Waals surface area contributed by atoms with E-state index in [1.165, 1.54) is 32.1 Å². The van der Waals surface area contributed by atoms with E-state index in [1.54, 1.807) is 20.1 Å². The summed E-state index contributed by atoms with van der Waals surface area (Å²) in [4.78, 5) is 11.6. The average Bonchev–Trinajstić information content (AvgIpc) is 2.48. The molecule has 0 aliphatic heterocycles. The molecule has 0 bridgehead atoms. The molecule has 1 aliphatic carbocycles. The summed E-state index contributed by atoms with van der Waals surface area (Å²) >= 11 is 0. The Hall–Kier alpha value is -1.55. The van der Waals surface area contributed by atoms with Crippen molar-refractivity contribution < 1.29 is 14.3 Å². The van der Waals surface area contributed by atoms with Crippen molar-refractivity contribution in [3.8, 4) is 11.5 Å². The number of nitrogens with two attached hydrogens (primary N) is 1. The number of esters is 1. The molecule has 0 amide bonds. The minimum Gasteiger partial charge on any atom is -0.496 e. The first-order valence-electron chi connectivity index (χ1n) is 7.27. The van der Waals surface area contributed by atoms with Crippen molar-refractivity contribution >= 4 is 5.97 Å². The van der Waals surface area contributed by atoms with E-state index in [2.05, 4.69) is 0 Å². The summed E-state index contributed by atoms with van der Waals surface area (Å²) in [5.41, 5.74) is 6.66. The highest BCUT2D eigenvalue weighted by atomic mass is 16.5. The van der Waals surface area contributed by atoms with Crippen LogP contribution in [0.2, 0.25) is 0 Å². The van der Waals surface area contributed by atoms with E-state index < -0.39 is 12.0 Å². The van der Waals surface area contributed by atoms with Crippen molar-refractivity contribution in [3.05, 3.63) is 23.8 Å². The molecule has 0 heterocycles. The van der Waals surface area contributed by atoms with E-state index in [0.717, 1.165) is 11.3 Å². The van der Waals surface area contributed by atoms with Gasteiger partial charge >= 0.3 is 5.97 Å². The molecule has 0 radical (unpaired) electrons. The predicted octanol–water partition coefficient (Wildman–Crippen LogP) is 3.00. The van der Waals surface area contributed by atoms with Gasteiger partial charge in [-0.2, -0.15) is 0 Å². The van der Waals surface area contributed by atoms with Crippen molar-refractivity contribution in [2.24, 2.45) is 5.73 Å². The van der Waals surface area contributed by atoms with Crippen LogP contribution >= 0.6 is 0 Å². The summed E-state index contributed by atoms with van der Waals surface area (Å²) in [5, 5.41) is 0. The Morgan fingerprint density at radius 3 is 2.60 bits per heavy atom. The predicted molar refractivity (Wildman–Crippen MR) is 78.1 cm³/mol. The fraction of sp³-hybridized carbons (Fsp3) is 0.562. The highest BCUT2D eigenvalue weighted by Gasteiger charge is 2.20. The molecule has 0 aromatic heterocycles.